The van der Waals surface area contributed by atoms with Gasteiger partial charge in [0.05, 0.1) is 20.6 Å². The molecule has 2 amide bonds. The third-order valence-electron chi connectivity index (χ3n) is 7.93. The summed E-state index contributed by atoms with van der Waals surface area (Å²) in [4.78, 5) is 29.7. The zero-order valence-electron chi connectivity index (χ0n) is 26.8. The Labute approximate surface area is 295 Å². The predicted octanol–water partition coefficient (Wildman–Crippen LogP) is 6.66. The molecule has 49 heavy (non-hydrogen) atoms. The number of nitrogens with zero attached hydrogens (tertiary/aromatic N) is 2. The lowest BCUT2D eigenvalue weighted by atomic mass is 10.0. The van der Waals surface area contributed by atoms with E-state index < -0.39 is 40.2 Å². The third-order valence-corrected chi connectivity index (χ3v) is 10.4. The number of rotatable bonds is 14. The highest BCUT2D eigenvalue weighted by atomic mass is 35.5. The summed E-state index contributed by atoms with van der Waals surface area (Å²) in [6.07, 6.45) is 1.73. The number of sulfonamides is 1. The first-order valence-electron chi connectivity index (χ1n) is 15.8. The van der Waals surface area contributed by atoms with Crippen molar-refractivity contribution >= 4 is 50.7 Å². The molecule has 4 aromatic carbocycles. The molecule has 9 nitrogen and oxygen atoms in total. The molecule has 258 valence electrons. The monoisotopic (exact) mass is 727 g/mol. The van der Waals surface area contributed by atoms with Gasteiger partial charge in [0.25, 0.3) is 10.0 Å². The van der Waals surface area contributed by atoms with E-state index in [9.17, 15) is 22.4 Å². The summed E-state index contributed by atoms with van der Waals surface area (Å²) >= 11 is 12.5. The van der Waals surface area contributed by atoms with Crippen LogP contribution in [0.1, 0.15) is 30.9 Å². The van der Waals surface area contributed by atoms with Crippen LogP contribution in [-0.2, 0) is 32.6 Å². The number of benzene rings is 4. The average molecular weight is 729 g/mol. The van der Waals surface area contributed by atoms with Crippen molar-refractivity contribution in [3.8, 4) is 11.5 Å². The van der Waals surface area contributed by atoms with Gasteiger partial charge in [0.15, 0.2) is 11.5 Å². The number of hydrogen-bond donors (Lipinski definition) is 1. The lowest BCUT2D eigenvalue weighted by Crippen LogP contribution is -2.53. The second-order valence-corrected chi connectivity index (χ2v) is 14.1. The SMILES string of the molecule is CCCCNC(=O)C(Cc1ccccc1)N(Cc1ccc(Cl)c(Cl)c1)C(=O)CN(c1ccc(F)cc1)S(=O)(=O)c1ccc2c(c1)OCCO2. The smallest absolute Gasteiger partial charge is 0.264 e. The van der Waals surface area contributed by atoms with Crippen LogP contribution in [0.15, 0.2) is 95.9 Å². The van der Waals surface area contributed by atoms with Crippen LogP contribution in [0.3, 0.4) is 0 Å². The van der Waals surface area contributed by atoms with Gasteiger partial charge in [-0.05, 0) is 66.1 Å². The zero-order chi connectivity index (χ0) is 35.0. The summed E-state index contributed by atoms with van der Waals surface area (Å²) < 4.78 is 54.8. The molecule has 0 bridgehead atoms. The Kier molecular flexibility index (Phi) is 12.0. The van der Waals surface area contributed by atoms with E-state index in [1.165, 1.54) is 35.2 Å². The molecule has 0 saturated heterocycles. The van der Waals surface area contributed by atoms with Crippen LogP contribution in [0.4, 0.5) is 10.1 Å². The molecular weight excluding hydrogens is 692 g/mol. The highest BCUT2D eigenvalue weighted by molar-refractivity contribution is 7.92. The van der Waals surface area contributed by atoms with Gasteiger partial charge in [-0.3, -0.25) is 13.9 Å². The fourth-order valence-corrected chi connectivity index (χ4v) is 7.09. The van der Waals surface area contributed by atoms with Gasteiger partial charge in [0, 0.05) is 25.6 Å². The van der Waals surface area contributed by atoms with Gasteiger partial charge >= 0.3 is 0 Å². The highest BCUT2D eigenvalue weighted by Crippen LogP contribution is 2.34. The zero-order valence-corrected chi connectivity index (χ0v) is 29.1. The van der Waals surface area contributed by atoms with Crippen LogP contribution < -0.4 is 19.1 Å². The van der Waals surface area contributed by atoms with Gasteiger partial charge in [-0.15, -0.1) is 0 Å². The van der Waals surface area contributed by atoms with E-state index in [4.69, 9.17) is 32.7 Å². The number of unbranched alkanes of at least 4 members (excludes halogenated alkanes) is 1. The molecule has 1 heterocycles. The molecule has 13 heteroatoms. The van der Waals surface area contributed by atoms with E-state index in [2.05, 4.69) is 5.32 Å². The van der Waals surface area contributed by atoms with Crippen LogP contribution in [0.2, 0.25) is 10.0 Å². The second-order valence-electron chi connectivity index (χ2n) is 11.4. The largest absolute Gasteiger partial charge is 0.486 e. The first-order chi connectivity index (χ1) is 23.6. The molecule has 1 aliphatic heterocycles. The number of carbonyl (C=O) groups excluding carboxylic acids is 2. The molecule has 1 aliphatic rings. The summed E-state index contributed by atoms with van der Waals surface area (Å²) in [5.74, 6) is -1.03. The van der Waals surface area contributed by atoms with Crippen LogP contribution in [0.25, 0.3) is 0 Å². The van der Waals surface area contributed by atoms with Crippen molar-refractivity contribution in [1.82, 2.24) is 10.2 Å². The minimum absolute atomic E-state index is 0.0473. The van der Waals surface area contributed by atoms with Crippen molar-refractivity contribution in [3.05, 3.63) is 118 Å². The van der Waals surface area contributed by atoms with Crippen molar-refractivity contribution < 1.29 is 31.9 Å². The first-order valence-corrected chi connectivity index (χ1v) is 18.0. The van der Waals surface area contributed by atoms with Crippen LogP contribution >= 0.6 is 23.2 Å². The van der Waals surface area contributed by atoms with Crippen molar-refractivity contribution in [2.45, 2.75) is 43.7 Å². The predicted molar refractivity (Wildman–Crippen MR) is 187 cm³/mol. The van der Waals surface area contributed by atoms with Gasteiger partial charge in [-0.2, -0.15) is 0 Å². The number of amides is 2. The number of ether oxygens (including phenoxy) is 2. The van der Waals surface area contributed by atoms with Crippen LogP contribution in [0, 0.1) is 5.82 Å². The maximum absolute atomic E-state index is 14.6. The van der Waals surface area contributed by atoms with E-state index in [1.807, 2.05) is 37.3 Å². The first kappa shape index (κ1) is 36.0. The van der Waals surface area contributed by atoms with Gasteiger partial charge in [-0.1, -0.05) is 72.9 Å². The molecule has 0 saturated carbocycles. The molecule has 1 unspecified atom stereocenters. The molecule has 1 N–H and O–H groups in total. The fourth-order valence-electron chi connectivity index (χ4n) is 5.34. The highest BCUT2D eigenvalue weighted by Gasteiger charge is 2.35. The minimum atomic E-state index is -4.45. The number of fused-ring (bicyclic) bond motifs is 1. The second kappa shape index (κ2) is 16.4. The Morgan fingerprint density at radius 3 is 2.29 bits per heavy atom. The Bertz CT molecular complexity index is 1880. The average Bonchev–Trinajstić information content (AvgIpc) is 3.10. The molecule has 0 aromatic heterocycles. The summed E-state index contributed by atoms with van der Waals surface area (Å²) in [7, 11) is -4.45. The van der Waals surface area contributed by atoms with Gasteiger partial charge in [0.1, 0.15) is 31.6 Å². The maximum Gasteiger partial charge on any atom is 0.264 e. The Morgan fingerprint density at radius 1 is 0.878 bits per heavy atom. The Hall–Kier alpha value is -4.32. The van der Waals surface area contributed by atoms with Crippen LogP contribution in [-0.4, -0.2) is 57.5 Å². The fraction of sp³-hybridized carbons (Fsp3) is 0.278. The van der Waals surface area contributed by atoms with E-state index in [-0.39, 0.29) is 40.9 Å². The van der Waals surface area contributed by atoms with E-state index in [0.29, 0.717) is 29.5 Å². The molecule has 0 fully saturated rings. The molecule has 0 radical (unpaired) electrons. The molecule has 5 rings (SSSR count). The van der Waals surface area contributed by atoms with E-state index in [1.54, 1.807) is 18.2 Å². The lowest BCUT2D eigenvalue weighted by molar-refractivity contribution is -0.140. The molecule has 0 spiro atoms. The van der Waals surface area contributed by atoms with Gasteiger partial charge in [0.2, 0.25) is 11.8 Å². The van der Waals surface area contributed by atoms with Crippen molar-refractivity contribution in [2.75, 3.05) is 30.6 Å². The third kappa shape index (κ3) is 9.03. The molecular formula is C36H36Cl2FN3O6S. The van der Waals surface area contributed by atoms with E-state index in [0.717, 1.165) is 34.8 Å². The van der Waals surface area contributed by atoms with Gasteiger partial charge < -0.3 is 19.7 Å². The number of nitrogens with one attached hydrogen (secondary N) is 1. The van der Waals surface area contributed by atoms with Crippen molar-refractivity contribution in [1.29, 1.82) is 0 Å². The summed E-state index contributed by atoms with van der Waals surface area (Å²) in [6.45, 7) is 2.16. The lowest BCUT2D eigenvalue weighted by Gasteiger charge is -2.34. The molecule has 4 aromatic rings. The summed E-state index contributed by atoms with van der Waals surface area (Å²) in [5.41, 5.74) is 1.42. The van der Waals surface area contributed by atoms with E-state index >= 15 is 0 Å². The Morgan fingerprint density at radius 2 is 1.59 bits per heavy atom. The van der Waals surface area contributed by atoms with Gasteiger partial charge in [-0.25, -0.2) is 12.8 Å². The summed E-state index contributed by atoms with van der Waals surface area (Å²) in [5, 5.41) is 3.51. The number of halogens is 3. The number of hydrogen-bond acceptors (Lipinski definition) is 6. The normalized spacial score (nSPS) is 13.0. The Balaban J connectivity index is 1.57. The summed E-state index contributed by atoms with van der Waals surface area (Å²) in [6, 6.07) is 22.0. The standard InChI is InChI=1S/C36H36Cl2FN3O6S/c1-2-3-17-40-36(44)32(21-25-7-5-4-6-8-25)41(23-26-9-15-30(37)31(38)20-26)35(43)24-42(28-12-10-27(39)11-13-28)49(45,46)29-14-16-33-34(22-29)48-19-18-47-33/h4-16,20,22,32H,2-3,17-19,21,23-24H2,1H3,(H,40,44). The number of carbonyl (C=O) groups is 2. The van der Waals surface area contributed by atoms with Crippen molar-refractivity contribution in [3.63, 3.8) is 0 Å². The van der Waals surface area contributed by atoms with Crippen LogP contribution in [0.5, 0.6) is 11.5 Å². The number of anilines is 1. The molecule has 0 aliphatic carbocycles. The maximum atomic E-state index is 14.6. The van der Waals surface area contributed by atoms with Crippen molar-refractivity contribution in [2.24, 2.45) is 0 Å². The quantitative estimate of drug-likeness (QED) is 0.146. The minimum Gasteiger partial charge on any atom is -0.486 e. The molecule has 1 atom stereocenters. The topological polar surface area (TPSA) is 105 Å².